The molecule has 0 saturated heterocycles. The van der Waals surface area contributed by atoms with Gasteiger partial charge in [-0.2, -0.15) is 5.26 Å². The summed E-state index contributed by atoms with van der Waals surface area (Å²) in [6.07, 6.45) is 3.51. The maximum atomic E-state index is 12.5. The van der Waals surface area contributed by atoms with Gasteiger partial charge in [0.2, 0.25) is 0 Å². The third-order valence-corrected chi connectivity index (χ3v) is 4.22. The fourth-order valence-electron chi connectivity index (χ4n) is 2.73. The third kappa shape index (κ3) is 4.48. The van der Waals surface area contributed by atoms with E-state index in [1.807, 2.05) is 48.1 Å². The van der Waals surface area contributed by atoms with Gasteiger partial charge >= 0.3 is 0 Å². The predicted molar refractivity (Wildman–Crippen MR) is 103 cm³/mol. The van der Waals surface area contributed by atoms with E-state index >= 15 is 0 Å². The number of methoxy groups -OCH3 is 1. The highest BCUT2D eigenvalue weighted by Crippen LogP contribution is 2.23. The molecule has 1 N–H and O–H groups in total. The number of ether oxygens (including phenoxy) is 2. The molecule has 0 aliphatic rings. The van der Waals surface area contributed by atoms with Crippen molar-refractivity contribution >= 4 is 5.91 Å². The number of aromatic nitrogens is 2. The Morgan fingerprint density at radius 2 is 1.86 bits per heavy atom. The minimum absolute atomic E-state index is 0.150. The molecule has 7 nitrogen and oxygen atoms in total. The summed E-state index contributed by atoms with van der Waals surface area (Å²) in [7, 11) is 3.48. The molecule has 0 spiro atoms. The van der Waals surface area contributed by atoms with Gasteiger partial charge in [0.1, 0.15) is 23.4 Å². The summed E-state index contributed by atoms with van der Waals surface area (Å²) < 4.78 is 12.6. The number of hydrogen-bond acceptors (Lipinski definition) is 5. The SMILES string of the molecule is COc1ccc(C(NC(=O)COc2ccc(C#N)cc2)c2nccn2C)cc1. The van der Waals surface area contributed by atoms with Gasteiger partial charge in [0.25, 0.3) is 5.91 Å². The fourth-order valence-corrected chi connectivity index (χ4v) is 2.73. The van der Waals surface area contributed by atoms with Gasteiger partial charge in [-0.3, -0.25) is 4.79 Å². The molecular formula is C21H20N4O3. The average molecular weight is 376 g/mol. The third-order valence-electron chi connectivity index (χ3n) is 4.22. The molecule has 142 valence electrons. The zero-order valence-corrected chi connectivity index (χ0v) is 15.6. The van der Waals surface area contributed by atoms with Crippen molar-refractivity contribution in [1.29, 1.82) is 5.26 Å². The summed E-state index contributed by atoms with van der Waals surface area (Å²) in [6.45, 7) is -0.150. The Morgan fingerprint density at radius 1 is 1.18 bits per heavy atom. The molecule has 0 aliphatic heterocycles. The molecule has 2 aromatic carbocycles. The van der Waals surface area contributed by atoms with E-state index in [4.69, 9.17) is 14.7 Å². The first kappa shape index (κ1) is 19.0. The second-order valence-corrected chi connectivity index (χ2v) is 6.09. The van der Waals surface area contributed by atoms with E-state index in [9.17, 15) is 4.79 Å². The van der Waals surface area contributed by atoms with Crippen LogP contribution in [0.4, 0.5) is 0 Å². The molecule has 0 fully saturated rings. The standard InChI is InChI=1S/C21H20N4O3/c1-25-12-11-23-21(25)20(16-5-9-17(27-2)10-6-16)24-19(26)14-28-18-7-3-15(13-22)4-8-18/h3-12,20H,14H2,1-2H3,(H,24,26). The van der Waals surface area contributed by atoms with Crippen LogP contribution in [0.3, 0.4) is 0 Å². The number of nitrogens with one attached hydrogen (secondary N) is 1. The number of rotatable bonds is 7. The van der Waals surface area contributed by atoms with Gasteiger partial charge in [0, 0.05) is 19.4 Å². The summed E-state index contributed by atoms with van der Waals surface area (Å²) in [5.74, 6) is 1.68. The van der Waals surface area contributed by atoms with Crippen LogP contribution >= 0.6 is 0 Å². The van der Waals surface area contributed by atoms with Crippen molar-refractivity contribution in [2.24, 2.45) is 7.05 Å². The lowest BCUT2D eigenvalue weighted by Gasteiger charge is -2.19. The quantitative estimate of drug-likeness (QED) is 0.685. The Labute approximate surface area is 163 Å². The van der Waals surface area contributed by atoms with Gasteiger partial charge in [-0.25, -0.2) is 4.98 Å². The van der Waals surface area contributed by atoms with Crippen LogP contribution in [0, 0.1) is 11.3 Å². The van der Waals surface area contributed by atoms with Crippen LogP contribution in [0.15, 0.2) is 60.9 Å². The largest absolute Gasteiger partial charge is 0.497 e. The van der Waals surface area contributed by atoms with E-state index in [-0.39, 0.29) is 12.5 Å². The normalized spacial score (nSPS) is 11.3. The highest BCUT2D eigenvalue weighted by molar-refractivity contribution is 5.78. The van der Waals surface area contributed by atoms with Gasteiger partial charge in [0.05, 0.1) is 18.7 Å². The molecule has 1 unspecified atom stereocenters. The van der Waals surface area contributed by atoms with Crippen LogP contribution in [0.25, 0.3) is 0 Å². The van der Waals surface area contributed by atoms with Crippen LogP contribution < -0.4 is 14.8 Å². The van der Waals surface area contributed by atoms with Crippen molar-refractivity contribution in [3.05, 3.63) is 77.9 Å². The van der Waals surface area contributed by atoms with Gasteiger partial charge < -0.3 is 19.4 Å². The number of nitrogens with zero attached hydrogens (tertiary/aromatic N) is 3. The Hall–Kier alpha value is -3.79. The van der Waals surface area contributed by atoms with Crippen molar-refractivity contribution in [2.45, 2.75) is 6.04 Å². The van der Waals surface area contributed by atoms with Crippen molar-refractivity contribution in [3.63, 3.8) is 0 Å². The van der Waals surface area contributed by atoms with Gasteiger partial charge in [-0.05, 0) is 42.0 Å². The monoisotopic (exact) mass is 376 g/mol. The summed E-state index contributed by atoms with van der Waals surface area (Å²) in [6, 6.07) is 15.7. The summed E-state index contributed by atoms with van der Waals surface area (Å²) in [4.78, 5) is 16.9. The molecule has 0 saturated carbocycles. The average Bonchev–Trinajstić information content (AvgIpc) is 3.16. The Kier molecular flexibility index (Phi) is 5.92. The molecule has 1 heterocycles. The zero-order chi connectivity index (χ0) is 19.9. The van der Waals surface area contributed by atoms with Crippen molar-refractivity contribution in [1.82, 2.24) is 14.9 Å². The van der Waals surface area contributed by atoms with Crippen LogP contribution in [-0.2, 0) is 11.8 Å². The van der Waals surface area contributed by atoms with Crippen molar-refractivity contribution in [3.8, 4) is 17.6 Å². The van der Waals surface area contributed by atoms with Gasteiger partial charge in [-0.1, -0.05) is 12.1 Å². The Balaban J connectivity index is 1.72. The molecule has 3 aromatic rings. The molecule has 28 heavy (non-hydrogen) atoms. The van der Waals surface area contributed by atoms with Crippen LogP contribution in [0.1, 0.15) is 23.0 Å². The minimum atomic E-state index is -0.428. The number of carbonyl (C=O) groups excluding carboxylic acids is 1. The van der Waals surface area contributed by atoms with Crippen molar-refractivity contribution < 1.29 is 14.3 Å². The lowest BCUT2D eigenvalue weighted by Crippen LogP contribution is -2.34. The number of benzene rings is 2. The number of imidazole rings is 1. The van der Waals surface area contributed by atoms with E-state index in [0.717, 1.165) is 11.3 Å². The molecule has 0 radical (unpaired) electrons. The molecule has 3 rings (SSSR count). The smallest absolute Gasteiger partial charge is 0.258 e. The lowest BCUT2D eigenvalue weighted by atomic mass is 10.1. The first-order chi connectivity index (χ1) is 13.6. The molecule has 1 amide bonds. The lowest BCUT2D eigenvalue weighted by molar-refractivity contribution is -0.123. The maximum absolute atomic E-state index is 12.5. The number of amides is 1. The van der Waals surface area contributed by atoms with E-state index in [1.54, 1.807) is 37.6 Å². The van der Waals surface area contributed by atoms with E-state index in [0.29, 0.717) is 17.1 Å². The first-order valence-electron chi connectivity index (χ1n) is 8.64. The molecule has 7 heteroatoms. The number of nitriles is 1. The molecule has 1 aromatic heterocycles. The summed E-state index contributed by atoms with van der Waals surface area (Å²) >= 11 is 0. The maximum Gasteiger partial charge on any atom is 0.258 e. The van der Waals surface area contributed by atoms with E-state index in [1.165, 1.54) is 0 Å². The van der Waals surface area contributed by atoms with Crippen LogP contribution in [0.2, 0.25) is 0 Å². The minimum Gasteiger partial charge on any atom is -0.497 e. The second kappa shape index (κ2) is 8.73. The first-order valence-corrected chi connectivity index (χ1v) is 8.64. The van der Waals surface area contributed by atoms with Crippen molar-refractivity contribution in [2.75, 3.05) is 13.7 Å². The number of carbonyl (C=O) groups is 1. The summed E-state index contributed by atoms with van der Waals surface area (Å²) in [5.41, 5.74) is 1.41. The molecule has 0 bridgehead atoms. The van der Waals surface area contributed by atoms with Crippen LogP contribution in [-0.4, -0.2) is 29.2 Å². The van der Waals surface area contributed by atoms with E-state index < -0.39 is 6.04 Å². The van der Waals surface area contributed by atoms with Gasteiger partial charge in [0.15, 0.2) is 6.61 Å². The number of hydrogen-bond donors (Lipinski definition) is 1. The highest BCUT2D eigenvalue weighted by Gasteiger charge is 2.21. The molecular weight excluding hydrogens is 356 g/mol. The number of aryl methyl sites for hydroxylation is 1. The van der Waals surface area contributed by atoms with Gasteiger partial charge in [-0.15, -0.1) is 0 Å². The zero-order valence-electron chi connectivity index (χ0n) is 15.6. The van der Waals surface area contributed by atoms with Crippen LogP contribution in [0.5, 0.6) is 11.5 Å². The second-order valence-electron chi connectivity index (χ2n) is 6.09. The predicted octanol–water partition coefficient (Wildman–Crippen LogP) is 2.58. The molecule has 0 aliphatic carbocycles. The Bertz CT molecular complexity index is 972. The summed E-state index contributed by atoms with van der Waals surface area (Å²) in [5, 5.41) is 11.8. The highest BCUT2D eigenvalue weighted by atomic mass is 16.5. The fraction of sp³-hybridized carbons (Fsp3) is 0.190. The molecule has 1 atom stereocenters. The van der Waals surface area contributed by atoms with E-state index in [2.05, 4.69) is 10.3 Å². The topological polar surface area (TPSA) is 89.2 Å². The Morgan fingerprint density at radius 3 is 2.43 bits per heavy atom.